The fourth-order valence-electron chi connectivity index (χ4n) is 1.35. The maximum atomic E-state index is 12.1. The molecule has 0 spiro atoms. The van der Waals surface area contributed by atoms with E-state index in [0.29, 0.717) is 0 Å². The summed E-state index contributed by atoms with van der Waals surface area (Å²) in [6, 6.07) is 0. The Hall–Kier alpha value is -0.700. The molecule has 18 heavy (non-hydrogen) atoms. The molecule has 0 aliphatic heterocycles. The first-order chi connectivity index (χ1) is 8.00. The lowest BCUT2D eigenvalue weighted by Gasteiger charge is -2.30. The van der Waals surface area contributed by atoms with E-state index in [0.717, 1.165) is 8.61 Å². The molecule has 0 heterocycles. The standard InChI is InChI=1S/C10H22N2O5S/c1-5-12(8-10(2,3)15)18(16,17)11(4)7-6-9(13)14/h15H,5-8H2,1-4H3,(H,13,14). The molecule has 0 saturated heterocycles. The van der Waals surface area contributed by atoms with Crippen LogP contribution in [0.3, 0.4) is 0 Å². The van der Waals surface area contributed by atoms with Crippen molar-refractivity contribution in [2.75, 3.05) is 26.7 Å². The van der Waals surface area contributed by atoms with E-state index in [4.69, 9.17) is 5.11 Å². The largest absolute Gasteiger partial charge is 0.481 e. The number of hydrogen-bond donors (Lipinski definition) is 2. The molecule has 8 heteroatoms. The van der Waals surface area contributed by atoms with E-state index in [9.17, 15) is 18.3 Å². The number of nitrogens with zero attached hydrogens (tertiary/aromatic N) is 2. The molecular weight excluding hydrogens is 260 g/mol. The van der Waals surface area contributed by atoms with Crippen LogP contribution in [0.1, 0.15) is 27.2 Å². The lowest BCUT2D eigenvalue weighted by molar-refractivity contribution is -0.137. The number of aliphatic carboxylic acids is 1. The Morgan fingerprint density at radius 3 is 2.17 bits per heavy atom. The summed E-state index contributed by atoms with van der Waals surface area (Å²) in [7, 11) is -2.41. The van der Waals surface area contributed by atoms with Crippen molar-refractivity contribution in [2.24, 2.45) is 0 Å². The van der Waals surface area contributed by atoms with Gasteiger partial charge in [0.05, 0.1) is 12.0 Å². The predicted octanol–water partition coefficient (Wildman–Crippen LogP) is -0.269. The minimum absolute atomic E-state index is 0.0384. The molecule has 0 radical (unpaired) electrons. The van der Waals surface area contributed by atoms with Crippen LogP contribution in [-0.4, -0.2) is 65.5 Å². The first kappa shape index (κ1) is 17.3. The molecule has 0 rings (SSSR count). The summed E-state index contributed by atoms with van der Waals surface area (Å²) in [6.45, 7) is 4.77. The normalized spacial score (nSPS) is 13.3. The number of carbonyl (C=O) groups is 1. The fourth-order valence-corrected chi connectivity index (χ4v) is 2.88. The predicted molar refractivity (Wildman–Crippen MR) is 67.3 cm³/mol. The molecule has 0 bridgehead atoms. The lowest BCUT2D eigenvalue weighted by Crippen LogP contribution is -2.48. The number of carboxylic acid groups (broad SMARTS) is 1. The summed E-state index contributed by atoms with van der Waals surface area (Å²) in [5.74, 6) is -1.05. The summed E-state index contributed by atoms with van der Waals surface area (Å²) in [5, 5.41) is 18.2. The zero-order chi connectivity index (χ0) is 14.6. The minimum atomic E-state index is -3.74. The SMILES string of the molecule is CCN(CC(C)(C)O)S(=O)(=O)N(C)CCC(=O)O. The van der Waals surface area contributed by atoms with E-state index in [1.807, 2.05) is 0 Å². The molecule has 7 nitrogen and oxygen atoms in total. The Balaban J connectivity index is 4.81. The molecule has 0 aromatic heterocycles. The Morgan fingerprint density at radius 2 is 1.83 bits per heavy atom. The molecule has 0 aliphatic carbocycles. The van der Waals surface area contributed by atoms with Crippen LogP contribution in [0.25, 0.3) is 0 Å². The molecular formula is C10H22N2O5S. The van der Waals surface area contributed by atoms with Gasteiger partial charge in [0.1, 0.15) is 0 Å². The molecule has 0 fully saturated rings. The zero-order valence-electron chi connectivity index (χ0n) is 11.3. The van der Waals surface area contributed by atoms with Gasteiger partial charge in [-0.25, -0.2) is 0 Å². The van der Waals surface area contributed by atoms with E-state index in [1.54, 1.807) is 6.92 Å². The number of aliphatic hydroxyl groups is 1. The molecule has 108 valence electrons. The maximum Gasteiger partial charge on any atom is 0.304 e. The Bertz CT molecular complexity index is 374. The Labute approximate surface area is 108 Å². The van der Waals surface area contributed by atoms with Crippen LogP contribution in [0.4, 0.5) is 0 Å². The van der Waals surface area contributed by atoms with Gasteiger partial charge in [-0.15, -0.1) is 0 Å². The first-order valence-corrected chi connectivity index (χ1v) is 7.06. The van der Waals surface area contributed by atoms with E-state index in [1.165, 1.54) is 20.9 Å². The van der Waals surface area contributed by atoms with Gasteiger partial charge in [-0.2, -0.15) is 17.0 Å². The lowest BCUT2D eigenvalue weighted by atomic mass is 10.1. The van der Waals surface area contributed by atoms with E-state index < -0.39 is 21.8 Å². The highest BCUT2D eigenvalue weighted by atomic mass is 32.2. The van der Waals surface area contributed by atoms with Crippen molar-refractivity contribution in [3.05, 3.63) is 0 Å². The third-order valence-electron chi connectivity index (χ3n) is 2.28. The van der Waals surface area contributed by atoms with Gasteiger partial charge in [0.2, 0.25) is 0 Å². The summed E-state index contributed by atoms with van der Waals surface area (Å²) < 4.78 is 26.3. The Kier molecular flexibility index (Phi) is 6.21. The third-order valence-corrected chi connectivity index (χ3v) is 4.29. The summed E-state index contributed by atoms with van der Waals surface area (Å²) in [5.41, 5.74) is -1.14. The Morgan fingerprint density at radius 1 is 1.33 bits per heavy atom. The van der Waals surface area contributed by atoms with E-state index in [2.05, 4.69) is 0 Å². The van der Waals surface area contributed by atoms with Crippen LogP contribution in [0.15, 0.2) is 0 Å². The second-order valence-corrected chi connectivity index (χ2v) is 6.75. The van der Waals surface area contributed by atoms with Crippen LogP contribution in [0, 0.1) is 0 Å². The quantitative estimate of drug-likeness (QED) is 0.638. The van der Waals surface area contributed by atoms with E-state index >= 15 is 0 Å². The summed E-state index contributed by atoms with van der Waals surface area (Å²) >= 11 is 0. The molecule has 0 aromatic rings. The summed E-state index contributed by atoms with van der Waals surface area (Å²) in [6.07, 6.45) is -0.254. The molecule has 0 unspecified atom stereocenters. The smallest absolute Gasteiger partial charge is 0.304 e. The van der Waals surface area contributed by atoms with Crippen molar-refractivity contribution in [1.82, 2.24) is 8.61 Å². The zero-order valence-corrected chi connectivity index (χ0v) is 12.1. The average molecular weight is 282 g/mol. The second kappa shape index (κ2) is 6.46. The van der Waals surface area contributed by atoms with Crippen LogP contribution in [0.2, 0.25) is 0 Å². The van der Waals surface area contributed by atoms with Gasteiger partial charge in [0.15, 0.2) is 0 Å². The highest BCUT2D eigenvalue weighted by Gasteiger charge is 2.30. The van der Waals surface area contributed by atoms with Gasteiger partial charge in [-0.1, -0.05) is 6.92 Å². The van der Waals surface area contributed by atoms with Gasteiger partial charge in [-0.3, -0.25) is 4.79 Å². The van der Waals surface area contributed by atoms with Gasteiger partial charge in [0, 0.05) is 26.7 Å². The topological polar surface area (TPSA) is 98.2 Å². The van der Waals surface area contributed by atoms with Crippen LogP contribution >= 0.6 is 0 Å². The maximum absolute atomic E-state index is 12.1. The highest BCUT2D eigenvalue weighted by molar-refractivity contribution is 7.86. The number of hydrogen-bond acceptors (Lipinski definition) is 4. The monoisotopic (exact) mass is 282 g/mol. The minimum Gasteiger partial charge on any atom is -0.481 e. The van der Waals surface area contributed by atoms with Crippen molar-refractivity contribution in [1.29, 1.82) is 0 Å². The van der Waals surface area contributed by atoms with Gasteiger partial charge in [0.25, 0.3) is 10.2 Å². The molecule has 0 aromatic carbocycles. The van der Waals surface area contributed by atoms with Crippen LogP contribution in [0.5, 0.6) is 0 Å². The number of rotatable bonds is 8. The molecule has 0 amide bonds. The molecule has 0 saturated carbocycles. The van der Waals surface area contributed by atoms with Crippen molar-refractivity contribution in [3.8, 4) is 0 Å². The highest BCUT2D eigenvalue weighted by Crippen LogP contribution is 2.12. The van der Waals surface area contributed by atoms with Crippen molar-refractivity contribution in [3.63, 3.8) is 0 Å². The molecule has 2 N–H and O–H groups in total. The first-order valence-electron chi connectivity index (χ1n) is 5.66. The van der Waals surface area contributed by atoms with Gasteiger partial charge in [-0.05, 0) is 13.8 Å². The fraction of sp³-hybridized carbons (Fsp3) is 0.900. The van der Waals surface area contributed by atoms with Crippen LogP contribution < -0.4 is 0 Å². The number of likely N-dealkylation sites (N-methyl/N-ethyl adjacent to an activating group) is 1. The van der Waals surface area contributed by atoms with Crippen LogP contribution in [-0.2, 0) is 15.0 Å². The van der Waals surface area contributed by atoms with Crippen molar-refractivity contribution < 1.29 is 23.4 Å². The van der Waals surface area contributed by atoms with E-state index in [-0.39, 0.29) is 26.1 Å². The third kappa shape index (κ3) is 5.76. The van der Waals surface area contributed by atoms with Crippen molar-refractivity contribution in [2.45, 2.75) is 32.8 Å². The molecule has 0 aliphatic rings. The second-order valence-electron chi connectivity index (χ2n) is 4.71. The molecule has 0 atom stereocenters. The number of carboxylic acids is 1. The van der Waals surface area contributed by atoms with Crippen molar-refractivity contribution >= 4 is 16.2 Å². The average Bonchev–Trinajstić information content (AvgIpc) is 2.20. The summed E-state index contributed by atoms with van der Waals surface area (Å²) in [4.78, 5) is 10.4. The van der Waals surface area contributed by atoms with Gasteiger partial charge < -0.3 is 10.2 Å². The van der Waals surface area contributed by atoms with Gasteiger partial charge >= 0.3 is 5.97 Å².